The molecule has 2 rings (SSSR count). The lowest BCUT2D eigenvalue weighted by Gasteiger charge is -2.20. The molecule has 0 heterocycles. The molecule has 1 aliphatic carbocycles. The van der Waals surface area contributed by atoms with Crippen molar-refractivity contribution in [2.75, 3.05) is 13.1 Å². The second-order valence-electron chi connectivity index (χ2n) is 4.71. The first-order chi connectivity index (χ1) is 9.30. The second-order valence-corrected chi connectivity index (χ2v) is 7.02. The third-order valence-electron chi connectivity index (χ3n) is 2.98. The highest BCUT2D eigenvalue weighted by Crippen LogP contribution is 2.33. The lowest BCUT2D eigenvalue weighted by Crippen LogP contribution is -2.37. The first-order valence-electron chi connectivity index (χ1n) is 5.97. The van der Waals surface area contributed by atoms with E-state index in [1.54, 1.807) is 0 Å². The SMILES string of the molecule is O=C(O)CN(CC1CC1)S(=O)(=O)c1cc(F)ccc1Cl. The van der Waals surface area contributed by atoms with Crippen LogP contribution >= 0.6 is 11.6 Å². The first-order valence-corrected chi connectivity index (χ1v) is 7.79. The minimum Gasteiger partial charge on any atom is -0.480 e. The molecule has 0 amide bonds. The van der Waals surface area contributed by atoms with Crippen molar-refractivity contribution in [3.63, 3.8) is 0 Å². The second kappa shape index (κ2) is 5.67. The van der Waals surface area contributed by atoms with Gasteiger partial charge < -0.3 is 5.11 Å². The largest absolute Gasteiger partial charge is 0.480 e. The summed E-state index contributed by atoms with van der Waals surface area (Å²) in [5, 5.41) is 8.71. The van der Waals surface area contributed by atoms with Gasteiger partial charge in [-0.2, -0.15) is 4.31 Å². The number of hydrogen-bond donors (Lipinski definition) is 1. The number of carboxylic acid groups (broad SMARTS) is 1. The fourth-order valence-electron chi connectivity index (χ4n) is 1.80. The maximum Gasteiger partial charge on any atom is 0.318 e. The molecule has 1 N–H and O–H groups in total. The Kier molecular flexibility index (Phi) is 4.31. The van der Waals surface area contributed by atoms with Crippen molar-refractivity contribution in [3.8, 4) is 0 Å². The van der Waals surface area contributed by atoms with Gasteiger partial charge in [-0.1, -0.05) is 11.6 Å². The fraction of sp³-hybridized carbons (Fsp3) is 0.417. The summed E-state index contributed by atoms with van der Waals surface area (Å²) < 4.78 is 38.9. The highest BCUT2D eigenvalue weighted by molar-refractivity contribution is 7.89. The van der Waals surface area contributed by atoms with Crippen molar-refractivity contribution in [1.82, 2.24) is 4.31 Å². The molecule has 1 aromatic carbocycles. The number of hydrogen-bond acceptors (Lipinski definition) is 3. The molecule has 1 aliphatic rings. The molecule has 0 aromatic heterocycles. The molecular formula is C12H13ClFNO4S. The van der Waals surface area contributed by atoms with Gasteiger partial charge in [-0.15, -0.1) is 0 Å². The van der Waals surface area contributed by atoms with Gasteiger partial charge in [0, 0.05) is 6.54 Å². The van der Waals surface area contributed by atoms with E-state index >= 15 is 0 Å². The average Bonchev–Trinajstić information content (AvgIpc) is 3.14. The Morgan fingerprint density at radius 2 is 2.10 bits per heavy atom. The van der Waals surface area contributed by atoms with Crippen LogP contribution in [-0.4, -0.2) is 36.9 Å². The number of carbonyl (C=O) groups is 1. The zero-order valence-corrected chi connectivity index (χ0v) is 12.0. The smallest absolute Gasteiger partial charge is 0.318 e. The molecule has 5 nitrogen and oxygen atoms in total. The highest BCUT2D eigenvalue weighted by Gasteiger charge is 2.34. The van der Waals surface area contributed by atoms with Gasteiger partial charge in [-0.3, -0.25) is 4.79 Å². The van der Waals surface area contributed by atoms with Crippen LogP contribution in [-0.2, 0) is 14.8 Å². The maximum absolute atomic E-state index is 13.2. The van der Waals surface area contributed by atoms with Gasteiger partial charge in [0.2, 0.25) is 10.0 Å². The van der Waals surface area contributed by atoms with Crippen LogP contribution in [0.2, 0.25) is 5.02 Å². The lowest BCUT2D eigenvalue weighted by molar-refractivity contribution is -0.137. The lowest BCUT2D eigenvalue weighted by atomic mass is 10.3. The predicted molar refractivity (Wildman–Crippen MR) is 70.5 cm³/mol. The Morgan fingerprint density at radius 3 is 2.65 bits per heavy atom. The minimum atomic E-state index is -4.12. The van der Waals surface area contributed by atoms with Gasteiger partial charge in [0.25, 0.3) is 0 Å². The zero-order valence-electron chi connectivity index (χ0n) is 10.4. The van der Waals surface area contributed by atoms with Crippen LogP contribution in [0.3, 0.4) is 0 Å². The van der Waals surface area contributed by atoms with Crippen molar-refractivity contribution in [1.29, 1.82) is 0 Å². The van der Waals surface area contributed by atoms with Crippen LogP contribution < -0.4 is 0 Å². The van der Waals surface area contributed by atoms with E-state index in [0.717, 1.165) is 35.3 Å². The number of rotatable bonds is 6. The standard InChI is InChI=1S/C12H13ClFNO4S/c13-10-4-3-9(14)5-11(10)20(18,19)15(7-12(16)17)6-8-1-2-8/h3-5,8H,1-2,6-7H2,(H,16,17). The van der Waals surface area contributed by atoms with E-state index in [0.29, 0.717) is 0 Å². The van der Waals surface area contributed by atoms with E-state index in [9.17, 15) is 17.6 Å². The molecule has 0 bridgehead atoms. The Bertz CT molecular complexity index is 630. The number of nitrogens with zero attached hydrogens (tertiary/aromatic N) is 1. The Labute approximate surface area is 121 Å². The van der Waals surface area contributed by atoms with Gasteiger partial charge >= 0.3 is 5.97 Å². The molecule has 0 aliphatic heterocycles. The van der Waals surface area contributed by atoms with Crippen molar-refractivity contribution in [3.05, 3.63) is 29.0 Å². The van der Waals surface area contributed by atoms with E-state index in [4.69, 9.17) is 16.7 Å². The van der Waals surface area contributed by atoms with Crippen LogP contribution in [0.4, 0.5) is 4.39 Å². The van der Waals surface area contributed by atoms with Gasteiger partial charge in [0.1, 0.15) is 17.3 Å². The molecule has 110 valence electrons. The summed E-state index contributed by atoms with van der Waals surface area (Å²) in [6.45, 7) is -0.548. The summed E-state index contributed by atoms with van der Waals surface area (Å²) >= 11 is 5.79. The van der Waals surface area contributed by atoms with Crippen molar-refractivity contribution < 1.29 is 22.7 Å². The number of benzene rings is 1. The molecule has 0 radical (unpaired) electrons. The summed E-state index contributed by atoms with van der Waals surface area (Å²) in [5.74, 6) is -1.84. The normalized spacial score (nSPS) is 15.6. The number of carboxylic acids is 1. The summed E-state index contributed by atoms with van der Waals surface area (Å²) in [7, 11) is -4.12. The van der Waals surface area contributed by atoms with Crippen molar-refractivity contribution in [2.24, 2.45) is 5.92 Å². The van der Waals surface area contributed by atoms with Crippen LogP contribution in [0.1, 0.15) is 12.8 Å². The molecule has 1 fully saturated rings. The van der Waals surface area contributed by atoms with E-state index in [1.807, 2.05) is 0 Å². The molecule has 20 heavy (non-hydrogen) atoms. The monoisotopic (exact) mass is 321 g/mol. The van der Waals surface area contributed by atoms with E-state index in [2.05, 4.69) is 0 Å². The Morgan fingerprint density at radius 1 is 1.45 bits per heavy atom. The van der Waals surface area contributed by atoms with Gasteiger partial charge in [-0.05, 0) is 37.0 Å². The van der Waals surface area contributed by atoms with Crippen molar-refractivity contribution in [2.45, 2.75) is 17.7 Å². The van der Waals surface area contributed by atoms with Gasteiger partial charge in [0.05, 0.1) is 5.02 Å². The Balaban J connectivity index is 2.37. The molecule has 0 saturated heterocycles. The quantitative estimate of drug-likeness (QED) is 0.869. The number of sulfonamides is 1. The van der Waals surface area contributed by atoms with E-state index in [-0.39, 0.29) is 17.5 Å². The minimum absolute atomic E-state index is 0.113. The molecule has 8 heteroatoms. The third kappa shape index (κ3) is 3.47. The molecule has 0 atom stereocenters. The molecule has 1 saturated carbocycles. The summed E-state index contributed by atoms with van der Waals surface area (Å²) in [6, 6.07) is 2.99. The summed E-state index contributed by atoms with van der Waals surface area (Å²) in [6.07, 6.45) is 1.73. The molecular weight excluding hydrogens is 309 g/mol. The summed E-state index contributed by atoms with van der Waals surface area (Å²) in [4.78, 5) is 10.4. The maximum atomic E-state index is 13.2. The number of aliphatic carboxylic acids is 1. The molecule has 0 unspecified atom stereocenters. The molecule has 0 spiro atoms. The van der Waals surface area contributed by atoms with Crippen LogP contribution in [0.5, 0.6) is 0 Å². The van der Waals surface area contributed by atoms with Crippen LogP contribution in [0.25, 0.3) is 0 Å². The first kappa shape index (κ1) is 15.2. The predicted octanol–water partition coefficient (Wildman–Crippen LogP) is 1.96. The van der Waals surface area contributed by atoms with E-state index in [1.165, 1.54) is 0 Å². The molecule has 1 aromatic rings. The van der Waals surface area contributed by atoms with Crippen LogP contribution in [0, 0.1) is 11.7 Å². The third-order valence-corrected chi connectivity index (χ3v) is 5.27. The van der Waals surface area contributed by atoms with Crippen molar-refractivity contribution >= 4 is 27.6 Å². The zero-order chi connectivity index (χ0) is 14.9. The topological polar surface area (TPSA) is 74.7 Å². The van der Waals surface area contributed by atoms with Gasteiger partial charge in [0.15, 0.2) is 0 Å². The fourth-order valence-corrected chi connectivity index (χ4v) is 3.75. The highest BCUT2D eigenvalue weighted by atomic mass is 35.5. The number of halogens is 2. The average molecular weight is 322 g/mol. The van der Waals surface area contributed by atoms with E-state index < -0.39 is 33.3 Å². The van der Waals surface area contributed by atoms with Crippen LogP contribution in [0.15, 0.2) is 23.1 Å². The Hall–Kier alpha value is -1.18. The summed E-state index contributed by atoms with van der Waals surface area (Å²) in [5.41, 5.74) is 0. The van der Waals surface area contributed by atoms with Gasteiger partial charge in [-0.25, -0.2) is 12.8 Å².